The maximum Gasteiger partial charge on any atom is 0.225 e. The Labute approximate surface area is 111 Å². The fourth-order valence-corrected chi connectivity index (χ4v) is 1.78. The van der Waals surface area contributed by atoms with Crippen LogP contribution < -0.4 is 10.6 Å². The molecule has 17 heavy (non-hydrogen) atoms. The van der Waals surface area contributed by atoms with Gasteiger partial charge in [0.1, 0.15) is 0 Å². The van der Waals surface area contributed by atoms with Crippen molar-refractivity contribution in [3.63, 3.8) is 0 Å². The third kappa shape index (κ3) is 6.44. The number of hydrogen-bond donors (Lipinski definition) is 2. The molecule has 0 atom stereocenters. The number of hydrogen-bond acceptors (Lipinski definition) is 2. The molecule has 0 heterocycles. The van der Waals surface area contributed by atoms with Gasteiger partial charge in [-0.15, -0.1) is 0 Å². The first-order chi connectivity index (χ1) is 8.08. The summed E-state index contributed by atoms with van der Waals surface area (Å²) in [5, 5.41) is 6.10. The lowest BCUT2D eigenvalue weighted by Crippen LogP contribution is -2.24. The van der Waals surface area contributed by atoms with Gasteiger partial charge < -0.3 is 10.6 Å². The van der Waals surface area contributed by atoms with Gasteiger partial charge in [-0.2, -0.15) is 0 Å². The molecule has 0 saturated carbocycles. The van der Waals surface area contributed by atoms with E-state index in [1.165, 1.54) is 0 Å². The van der Waals surface area contributed by atoms with Crippen molar-refractivity contribution >= 4 is 27.5 Å². The van der Waals surface area contributed by atoms with Crippen molar-refractivity contribution in [3.8, 4) is 0 Å². The molecular formula is C13H19BrN2O. The molecule has 0 bridgehead atoms. The second kappa shape index (κ2) is 7.45. The molecule has 0 unspecified atom stereocenters. The number of anilines is 1. The maximum absolute atomic E-state index is 11.6. The summed E-state index contributed by atoms with van der Waals surface area (Å²) in [7, 11) is 0. The van der Waals surface area contributed by atoms with Crippen molar-refractivity contribution in [2.45, 2.75) is 20.3 Å². The Hall–Kier alpha value is -0.870. The monoisotopic (exact) mass is 298 g/mol. The molecule has 94 valence electrons. The summed E-state index contributed by atoms with van der Waals surface area (Å²) in [6.07, 6.45) is 0.499. The number of carbonyl (C=O) groups excluding carboxylic acids is 1. The average Bonchev–Trinajstić information content (AvgIpc) is 2.24. The summed E-state index contributed by atoms with van der Waals surface area (Å²) in [6, 6.07) is 7.60. The lowest BCUT2D eigenvalue weighted by molar-refractivity contribution is -0.116. The zero-order valence-corrected chi connectivity index (χ0v) is 11.9. The zero-order valence-electron chi connectivity index (χ0n) is 10.3. The molecule has 0 radical (unpaired) electrons. The van der Waals surface area contributed by atoms with E-state index in [9.17, 15) is 4.79 Å². The zero-order chi connectivity index (χ0) is 12.7. The second-order valence-corrected chi connectivity index (χ2v) is 5.32. The smallest absolute Gasteiger partial charge is 0.225 e. The Balaban J connectivity index is 2.25. The maximum atomic E-state index is 11.6. The van der Waals surface area contributed by atoms with Gasteiger partial charge in [-0.25, -0.2) is 0 Å². The average molecular weight is 299 g/mol. The third-order valence-corrected chi connectivity index (χ3v) is 2.68. The minimum atomic E-state index is 0.0411. The Morgan fingerprint density at radius 2 is 2.18 bits per heavy atom. The Kier molecular flexibility index (Phi) is 6.22. The van der Waals surface area contributed by atoms with E-state index in [4.69, 9.17) is 0 Å². The number of nitrogens with one attached hydrogen (secondary N) is 2. The molecule has 0 spiro atoms. The lowest BCUT2D eigenvalue weighted by atomic mass is 10.2. The molecular weight excluding hydrogens is 280 g/mol. The van der Waals surface area contributed by atoms with Crippen molar-refractivity contribution in [1.29, 1.82) is 0 Å². The molecule has 2 N–H and O–H groups in total. The molecule has 0 aliphatic heterocycles. The quantitative estimate of drug-likeness (QED) is 0.793. The van der Waals surface area contributed by atoms with E-state index < -0.39 is 0 Å². The van der Waals surface area contributed by atoms with E-state index in [1.807, 2.05) is 24.3 Å². The van der Waals surface area contributed by atoms with E-state index in [1.54, 1.807) is 0 Å². The van der Waals surface area contributed by atoms with Crippen LogP contribution in [0.15, 0.2) is 28.7 Å². The van der Waals surface area contributed by atoms with Gasteiger partial charge in [-0.05, 0) is 30.7 Å². The number of carbonyl (C=O) groups is 1. The molecule has 0 aliphatic carbocycles. The minimum Gasteiger partial charge on any atom is -0.326 e. The lowest BCUT2D eigenvalue weighted by Gasteiger charge is -2.08. The minimum absolute atomic E-state index is 0.0411. The molecule has 1 amide bonds. The van der Waals surface area contributed by atoms with Crippen LogP contribution in [-0.4, -0.2) is 19.0 Å². The van der Waals surface area contributed by atoms with Gasteiger partial charge in [0, 0.05) is 23.1 Å². The normalized spacial score (nSPS) is 10.6. The van der Waals surface area contributed by atoms with Gasteiger partial charge in [0.2, 0.25) is 5.91 Å². The first-order valence-corrected chi connectivity index (χ1v) is 6.63. The summed E-state index contributed by atoms with van der Waals surface area (Å²) in [4.78, 5) is 11.6. The summed E-state index contributed by atoms with van der Waals surface area (Å²) >= 11 is 3.37. The van der Waals surface area contributed by atoms with E-state index in [0.29, 0.717) is 12.3 Å². The predicted molar refractivity (Wildman–Crippen MR) is 75.1 cm³/mol. The highest BCUT2D eigenvalue weighted by molar-refractivity contribution is 9.10. The van der Waals surface area contributed by atoms with Gasteiger partial charge in [0.05, 0.1) is 0 Å². The Morgan fingerprint density at radius 3 is 2.82 bits per heavy atom. The molecule has 1 aromatic rings. The third-order valence-electron chi connectivity index (χ3n) is 2.19. The fraction of sp³-hybridized carbons (Fsp3) is 0.462. The first-order valence-electron chi connectivity index (χ1n) is 5.84. The van der Waals surface area contributed by atoms with Gasteiger partial charge in [0.15, 0.2) is 0 Å². The largest absolute Gasteiger partial charge is 0.326 e. The highest BCUT2D eigenvalue weighted by Crippen LogP contribution is 2.15. The summed E-state index contributed by atoms with van der Waals surface area (Å²) < 4.78 is 0.966. The summed E-state index contributed by atoms with van der Waals surface area (Å²) in [5.41, 5.74) is 0.827. The van der Waals surface area contributed by atoms with E-state index in [2.05, 4.69) is 40.4 Å². The van der Waals surface area contributed by atoms with E-state index >= 15 is 0 Å². The highest BCUT2D eigenvalue weighted by Gasteiger charge is 2.02. The van der Waals surface area contributed by atoms with Crippen LogP contribution in [0, 0.1) is 5.92 Å². The topological polar surface area (TPSA) is 41.1 Å². The van der Waals surface area contributed by atoms with Crippen LogP contribution in [-0.2, 0) is 4.79 Å². The van der Waals surface area contributed by atoms with Crippen LogP contribution in [0.25, 0.3) is 0 Å². The summed E-state index contributed by atoms with van der Waals surface area (Å²) in [6.45, 7) is 5.96. The highest BCUT2D eigenvalue weighted by atomic mass is 79.9. The Morgan fingerprint density at radius 1 is 1.41 bits per heavy atom. The Bertz CT molecular complexity index is 366. The van der Waals surface area contributed by atoms with Crippen LogP contribution in [0.4, 0.5) is 5.69 Å². The van der Waals surface area contributed by atoms with E-state index in [0.717, 1.165) is 23.2 Å². The predicted octanol–water partition coefficient (Wildman–Crippen LogP) is 3.02. The van der Waals surface area contributed by atoms with Crippen LogP contribution in [0.3, 0.4) is 0 Å². The molecule has 1 rings (SSSR count). The number of benzene rings is 1. The van der Waals surface area contributed by atoms with Gasteiger partial charge >= 0.3 is 0 Å². The van der Waals surface area contributed by atoms with Gasteiger partial charge in [0.25, 0.3) is 0 Å². The first kappa shape index (κ1) is 14.2. The number of amides is 1. The number of rotatable bonds is 6. The summed E-state index contributed by atoms with van der Waals surface area (Å²) in [5.74, 6) is 0.655. The van der Waals surface area contributed by atoms with Crippen LogP contribution in [0.2, 0.25) is 0 Å². The van der Waals surface area contributed by atoms with Gasteiger partial charge in [-0.3, -0.25) is 4.79 Å². The van der Waals surface area contributed by atoms with Crippen molar-refractivity contribution in [3.05, 3.63) is 28.7 Å². The molecule has 0 aliphatic rings. The van der Waals surface area contributed by atoms with Gasteiger partial charge in [-0.1, -0.05) is 35.8 Å². The molecule has 0 aromatic heterocycles. The molecule has 4 heteroatoms. The van der Waals surface area contributed by atoms with Crippen LogP contribution in [0.1, 0.15) is 20.3 Å². The van der Waals surface area contributed by atoms with Crippen molar-refractivity contribution in [2.24, 2.45) is 5.92 Å². The van der Waals surface area contributed by atoms with Crippen molar-refractivity contribution in [2.75, 3.05) is 18.4 Å². The molecule has 3 nitrogen and oxygen atoms in total. The molecule has 0 fully saturated rings. The standard InChI is InChI=1S/C13H19BrN2O/c1-10(2)9-15-7-6-13(17)16-12-5-3-4-11(14)8-12/h3-5,8,10,15H,6-7,9H2,1-2H3,(H,16,17). The molecule has 0 saturated heterocycles. The van der Waals surface area contributed by atoms with Crippen LogP contribution >= 0.6 is 15.9 Å². The van der Waals surface area contributed by atoms with E-state index in [-0.39, 0.29) is 5.91 Å². The van der Waals surface area contributed by atoms with Crippen molar-refractivity contribution in [1.82, 2.24) is 5.32 Å². The fourth-order valence-electron chi connectivity index (χ4n) is 1.38. The molecule has 1 aromatic carbocycles. The van der Waals surface area contributed by atoms with Crippen LogP contribution in [0.5, 0.6) is 0 Å². The van der Waals surface area contributed by atoms with Crippen molar-refractivity contribution < 1.29 is 4.79 Å². The second-order valence-electron chi connectivity index (χ2n) is 4.41. The number of halogens is 1. The SMILES string of the molecule is CC(C)CNCCC(=O)Nc1cccc(Br)c1.